The summed E-state index contributed by atoms with van der Waals surface area (Å²) in [5.41, 5.74) is 2.76. The van der Waals surface area contributed by atoms with Crippen LogP contribution in [0.1, 0.15) is 38.6 Å². The van der Waals surface area contributed by atoms with Gasteiger partial charge in [-0.3, -0.25) is 4.68 Å². The Kier molecular flexibility index (Phi) is 6.39. The third kappa shape index (κ3) is 4.09. The molecule has 0 bridgehead atoms. The first-order valence-corrected chi connectivity index (χ1v) is 8.86. The third-order valence-corrected chi connectivity index (χ3v) is 5.63. The molecule has 0 aliphatic carbocycles. The molecule has 104 valence electrons. The van der Waals surface area contributed by atoms with E-state index in [1.54, 1.807) is 0 Å². The molecule has 0 fully saturated rings. The molecule has 0 saturated heterocycles. The topological polar surface area (TPSA) is 17.8 Å². The van der Waals surface area contributed by atoms with Crippen LogP contribution in [0.3, 0.4) is 0 Å². The fraction of sp³-hybridized carbons (Fsp3) is 0.786. The summed E-state index contributed by atoms with van der Waals surface area (Å²) in [6, 6.07) is 2.23. The summed E-state index contributed by atoms with van der Waals surface area (Å²) >= 11 is 7.43. The molecule has 0 spiro atoms. The van der Waals surface area contributed by atoms with Crippen molar-refractivity contribution in [2.45, 2.75) is 47.1 Å². The maximum absolute atomic E-state index is 4.55. The van der Waals surface area contributed by atoms with E-state index >= 15 is 0 Å². The molecule has 0 aliphatic rings. The SMILES string of the molecule is CCn1nc(C)cc1CC(CBr)(CBr)CC(C)C. The van der Waals surface area contributed by atoms with Crippen molar-refractivity contribution in [3.63, 3.8) is 0 Å². The number of alkyl halides is 2. The highest BCUT2D eigenvalue weighted by Crippen LogP contribution is 2.35. The lowest BCUT2D eigenvalue weighted by atomic mass is 9.80. The van der Waals surface area contributed by atoms with Gasteiger partial charge in [0.05, 0.1) is 5.69 Å². The monoisotopic (exact) mass is 378 g/mol. The van der Waals surface area contributed by atoms with Crippen molar-refractivity contribution < 1.29 is 0 Å². The van der Waals surface area contributed by atoms with Gasteiger partial charge in [-0.25, -0.2) is 0 Å². The summed E-state index contributed by atoms with van der Waals surface area (Å²) in [5.74, 6) is 0.708. The Morgan fingerprint density at radius 1 is 1.33 bits per heavy atom. The van der Waals surface area contributed by atoms with Crippen molar-refractivity contribution in [2.75, 3.05) is 10.7 Å². The number of halogens is 2. The highest BCUT2D eigenvalue weighted by Gasteiger charge is 2.30. The van der Waals surface area contributed by atoms with Gasteiger partial charge in [0, 0.05) is 22.9 Å². The second kappa shape index (κ2) is 7.09. The molecule has 4 heteroatoms. The van der Waals surface area contributed by atoms with E-state index in [-0.39, 0.29) is 5.41 Å². The second-order valence-electron chi connectivity index (χ2n) is 5.63. The minimum Gasteiger partial charge on any atom is -0.270 e. The van der Waals surface area contributed by atoms with Gasteiger partial charge in [-0.05, 0) is 44.1 Å². The van der Waals surface area contributed by atoms with Crippen LogP contribution in [0.15, 0.2) is 6.07 Å². The minimum absolute atomic E-state index is 0.285. The summed E-state index contributed by atoms with van der Waals surface area (Å²) in [6.45, 7) is 9.76. The zero-order valence-electron chi connectivity index (χ0n) is 11.8. The van der Waals surface area contributed by atoms with Crippen molar-refractivity contribution in [3.8, 4) is 0 Å². The van der Waals surface area contributed by atoms with Gasteiger partial charge in [-0.1, -0.05) is 45.7 Å². The summed E-state index contributed by atoms with van der Waals surface area (Å²) in [4.78, 5) is 0. The van der Waals surface area contributed by atoms with E-state index in [0.717, 1.165) is 29.3 Å². The number of hydrogen-bond acceptors (Lipinski definition) is 1. The van der Waals surface area contributed by atoms with Crippen LogP contribution in [0.5, 0.6) is 0 Å². The lowest BCUT2D eigenvalue weighted by Gasteiger charge is -2.32. The Morgan fingerprint density at radius 2 is 1.94 bits per heavy atom. The molecule has 0 N–H and O–H groups in total. The van der Waals surface area contributed by atoms with E-state index in [0.29, 0.717) is 5.92 Å². The van der Waals surface area contributed by atoms with E-state index in [1.165, 1.54) is 12.1 Å². The van der Waals surface area contributed by atoms with E-state index in [4.69, 9.17) is 0 Å². The van der Waals surface area contributed by atoms with Crippen LogP contribution >= 0.6 is 31.9 Å². The Bertz CT molecular complexity index is 368. The number of aryl methyl sites for hydroxylation is 2. The van der Waals surface area contributed by atoms with Gasteiger partial charge >= 0.3 is 0 Å². The zero-order valence-corrected chi connectivity index (χ0v) is 15.0. The van der Waals surface area contributed by atoms with Crippen molar-refractivity contribution in [2.24, 2.45) is 11.3 Å². The molecule has 0 amide bonds. The fourth-order valence-electron chi connectivity index (χ4n) is 2.58. The molecule has 0 aliphatic heterocycles. The van der Waals surface area contributed by atoms with Crippen molar-refractivity contribution in [1.29, 1.82) is 0 Å². The molecule has 1 aromatic heterocycles. The molecular weight excluding hydrogens is 356 g/mol. The normalized spacial score (nSPS) is 12.4. The molecule has 2 nitrogen and oxygen atoms in total. The molecule has 0 atom stereocenters. The van der Waals surface area contributed by atoms with Gasteiger partial charge in [-0.2, -0.15) is 5.10 Å². The molecule has 0 radical (unpaired) electrons. The summed E-state index contributed by atoms with van der Waals surface area (Å²) in [5, 5.41) is 6.60. The maximum Gasteiger partial charge on any atom is 0.0596 e. The molecule has 0 saturated carbocycles. The number of aromatic nitrogens is 2. The van der Waals surface area contributed by atoms with Crippen molar-refractivity contribution >= 4 is 31.9 Å². The summed E-state index contributed by atoms with van der Waals surface area (Å²) in [6.07, 6.45) is 2.30. The van der Waals surface area contributed by atoms with Gasteiger partial charge in [0.2, 0.25) is 0 Å². The number of rotatable bonds is 7. The van der Waals surface area contributed by atoms with E-state index < -0.39 is 0 Å². The zero-order chi connectivity index (χ0) is 13.8. The molecular formula is C14H24Br2N2. The highest BCUT2D eigenvalue weighted by atomic mass is 79.9. The summed E-state index contributed by atoms with van der Waals surface area (Å²) in [7, 11) is 0. The second-order valence-corrected chi connectivity index (χ2v) is 6.76. The average Bonchev–Trinajstić information content (AvgIpc) is 2.67. The quantitative estimate of drug-likeness (QED) is 0.634. The molecule has 18 heavy (non-hydrogen) atoms. The largest absolute Gasteiger partial charge is 0.270 e. The first-order chi connectivity index (χ1) is 8.46. The first kappa shape index (κ1) is 16.2. The van der Waals surface area contributed by atoms with Gasteiger partial charge in [0.15, 0.2) is 0 Å². The van der Waals surface area contributed by atoms with Gasteiger partial charge in [0.25, 0.3) is 0 Å². The predicted molar refractivity (Wildman–Crippen MR) is 85.8 cm³/mol. The third-order valence-electron chi connectivity index (χ3n) is 3.25. The van der Waals surface area contributed by atoms with Crippen LogP contribution in [0, 0.1) is 18.3 Å². The lowest BCUT2D eigenvalue weighted by molar-refractivity contribution is 0.297. The van der Waals surface area contributed by atoms with Gasteiger partial charge in [0.1, 0.15) is 0 Å². The Labute approximate surface area is 128 Å². The van der Waals surface area contributed by atoms with Crippen LogP contribution < -0.4 is 0 Å². The summed E-state index contributed by atoms with van der Waals surface area (Å²) < 4.78 is 2.13. The number of hydrogen-bond donors (Lipinski definition) is 0. The van der Waals surface area contributed by atoms with Crippen LogP contribution in [-0.4, -0.2) is 20.4 Å². The molecule has 1 rings (SSSR count). The standard InChI is InChI=1S/C14H24Br2N2/c1-5-18-13(6-12(4)17-18)8-14(9-15,10-16)7-11(2)3/h6,11H,5,7-10H2,1-4H3. The smallest absolute Gasteiger partial charge is 0.0596 e. The first-order valence-electron chi connectivity index (χ1n) is 6.61. The molecule has 0 aromatic carbocycles. The van der Waals surface area contributed by atoms with Crippen LogP contribution in [0.25, 0.3) is 0 Å². The van der Waals surface area contributed by atoms with E-state index in [9.17, 15) is 0 Å². The predicted octanol–water partition coefficient (Wildman–Crippen LogP) is 4.58. The van der Waals surface area contributed by atoms with Crippen molar-refractivity contribution in [3.05, 3.63) is 17.5 Å². The average molecular weight is 380 g/mol. The minimum atomic E-state index is 0.285. The van der Waals surface area contributed by atoms with Crippen LogP contribution in [0.4, 0.5) is 0 Å². The Morgan fingerprint density at radius 3 is 2.39 bits per heavy atom. The van der Waals surface area contributed by atoms with Crippen LogP contribution in [0.2, 0.25) is 0 Å². The molecule has 1 aromatic rings. The van der Waals surface area contributed by atoms with E-state index in [1.807, 2.05) is 0 Å². The lowest BCUT2D eigenvalue weighted by Crippen LogP contribution is -2.30. The van der Waals surface area contributed by atoms with E-state index in [2.05, 4.69) is 75.4 Å². The molecule has 0 unspecified atom stereocenters. The Balaban J connectivity index is 2.94. The highest BCUT2D eigenvalue weighted by molar-refractivity contribution is 9.09. The fourth-order valence-corrected chi connectivity index (χ4v) is 4.36. The number of nitrogens with zero attached hydrogens (tertiary/aromatic N) is 2. The maximum atomic E-state index is 4.55. The van der Waals surface area contributed by atoms with Gasteiger partial charge in [-0.15, -0.1) is 0 Å². The van der Waals surface area contributed by atoms with Crippen molar-refractivity contribution in [1.82, 2.24) is 9.78 Å². The Hall–Kier alpha value is 0.170. The van der Waals surface area contributed by atoms with Gasteiger partial charge < -0.3 is 0 Å². The van der Waals surface area contributed by atoms with Crippen LogP contribution in [-0.2, 0) is 13.0 Å². The molecule has 1 heterocycles.